The lowest BCUT2D eigenvalue weighted by molar-refractivity contribution is -0.125. The van der Waals surface area contributed by atoms with Crippen LogP contribution in [0.5, 0.6) is 5.75 Å². The van der Waals surface area contributed by atoms with Crippen molar-refractivity contribution in [2.45, 2.75) is 71.9 Å². The summed E-state index contributed by atoms with van der Waals surface area (Å²) in [5, 5.41) is 6.06. The molecule has 6 nitrogen and oxygen atoms in total. The van der Waals surface area contributed by atoms with Crippen molar-refractivity contribution >= 4 is 11.8 Å². The Morgan fingerprint density at radius 2 is 1.57 bits per heavy atom. The zero-order valence-electron chi connectivity index (χ0n) is 21.9. The fraction of sp³-hybridized carbons (Fsp3) is 0.517. The van der Waals surface area contributed by atoms with Gasteiger partial charge in [0.1, 0.15) is 5.75 Å². The molecule has 0 aliphatic carbocycles. The lowest BCUT2D eigenvalue weighted by Crippen LogP contribution is -2.47. The molecule has 1 unspecified atom stereocenters. The van der Waals surface area contributed by atoms with Gasteiger partial charge in [0, 0.05) is 6.54 Å². The van der Waals surface area contributed by atoms with Crippen molar-refractivity contribution < 1.29 is 14.3 Å². The fourth-order valence-corrected chi connectivity index (χ4v) is 3.89. The number of hydrogen-bond acceptors (Lipinski definition) is 4. The highest BCUT2D eigenvalue weighted by molar-refractivity contribution is 5.84. The van der Waals surface area contributed by atoms with Crippen LogP contribution in [0.4, 0.5) is 0 Å². The van der Waals surface area contributed by atoms with Crippen LogP contribution in [-0.2, 0) is 9.59 Å². The van der Waals surface area contributed by atoms with Crippen LogP contribution in [-0.4, -0.2) is 31.0 Å². The van der Waals surface area contributed by atoms with Crippen molar-refractivity contribution in [3.63, 3.8) is 0 Å². The van der Waals surface area contributed by atoms with E-state index in [0.29, 0.717) is 12.5 Å². The van der Waals surface area contributed by atoms with Crippen LogP contribution >= 0.6 is 0 Å². The second kappa shape index (κ2) is 14.5. The highest BCUT2D eigenvalue weighted by atomic mass is 16.5. The molecular formula is C29H43N3O3. The van der Waals surface area contributed by atoms with Crippen LogP contribution in [0.1, 0.15) is 77.0 Å². The maximum absolute atomic E-state index is 13.1. The van der Waals surface area contributed by atoms with Gasteiger partial charge in [-0.15, -0.1) is 0 Å². The molecule has 0 bridgehead atoms. The predicted molar refractivity (Wildman–Crippen MR) is 142 cm³/mol. The predicted octanol–water partition coefficient (Wildman–Crippen LogP) is 4.95. The maximum Gasteiger partial charge on any atom is 0.237 e. The van der Waals surface area contributed by atoms with Gasteiger partial charge in [-0.2, -0.15) is 0 Å². The minimum Gasteiger partial charge on any atom is -0.493 e. The monoisotopic (exact) mass is 481 g/mol. The number of hydrogen-bond donors (Lipinski definition) is 3. The Morgan fingerprint density at radius 1 is 0.914 bits per heavy atom. The van der Waals surface area contributed by atoms with Crippen molar-refractivity contribution in [3.8, 4) is 5.75 Å². The largest absolute Gasteiger partial charge is 0.493 e. The van der Waals surface area contributed by atoms with Gasteiger partial charge in [0.05, 0.1) is 24.6 Å². The molecule has 192 valence electrons. The molecule has 4 N–H and O–H groups in total. The van der Waals surface area contributed by atoms with Gasteiger partial charge in [-0.05, 0) is 48.4 Å². The van der Waals surface area contributed by atoms with Crippen LogP contribution < -0.4 is 21.1 Å². The van der Waals surface area contributed by atoms with Crippen LogP contribution in [0.2, 0.25) is 0 Å². The van der Waals surface area contributed by atoms with Gasteiger partial charge in [-0.3, -0.25) is 9.59 Å². The van der Waals surface area contributed by atoms with E-state index in [9.17, 15) is 9.59 Å². The molecule has 0 aliphatic rings. The number of carbonyl (C=O) groups is 2. The van der Waals surface area contributed by atoms with Crippen molar-refractivity contribution in [3.05, 3.63) is 65.7 Å². The van der Waals surface area contributed by atoms with Crippen molar-refractivity contribution in [2.24, 2.45) is 17.6 Å². The zero-order chi connectivity index (χ0) is 25.8. The number of rotatable bonds is 14. The highest BCUT2D eigenvalue weighted by Crippen LogP contribution is 2.21. The molecule has 0 radical (unpaired) electrons. The summed E-state index contributed by atoms with van der Waals surface area (Å²) in [5.74, 6) is 0.737. The second-order valence-electron chi connectivity index (χ2n) is 9.62. The molecule has 0 spiro atoms. The van der Waals surface area contributed by atoms with Crippen molar-refractivity contribution in [1.82, 2.24) is 10.6 Å². The molecule has 5 atom stereocenters. The van der Waals surface area contributed by atoms with Gasteiger partial charge in [-0.1, -0.05) is 83.0 Å². The summed E-state index contributed by atoms with van der Waals surface area (Å²) in [6, 6.07) is 16.4. The molecule has 6 heteroatoms. The summed E-state index contributed by atoms with van der Waals surface area (Å²) >= 11 is 0. The minimum atomic E-state index is -0.583. The summed E-state index contributed by atoms with van der Waals surface area (Å²) in [4.78, 5) is 25.7. The third kappa shape index (κ3) is 9.02. The summed E-state index contributed by atoms with van der Waals surface area (Å²) in [6.45, 7) is 11.1. The van der Waals surface area contributed by atoms with E-state index in [1.807, 2.05) is 75.4 Å². The SMILES string of the molecule is CCCC(C)COc1ccc([C@H](CNC(=O)[C@H](N)[C@H](C)CC)NC(=O)[C@@H](C)c2ccccc2)cc1. The third-order valence-electron chi connectivity index (χ3n) is 6.65. The molecule has 0 saturated carbocycles. The average Bonchev–Trinajstić information content (AvgIpc) is 2.89. The van der Waals surface area contributed by atoms with Gasteiger partial charge in [-0.25, -0.2) is 0 Å². The van der Waals surface area contributed by atoms with Crippen molar-refractivity contribution in [2.75, 3.05) is 13.2 Å². The van der Waals surface area contributed by atoms with Gasteiger partial charge in [0.25, 0.3) is 0 Å². The Labute approximate surface area is 211 Å². The molecule has 0 fully saturated rings. The summed E-state index contributed by atoms with van der Waals surface area (Å²) in [5.41, 5.74) is 7.94. The molecule has 0 saturated heterocycles. The third-order valence-corrected chi connectivity index (χ3v) is 6.65. The molecule has 2 amide bonds. The molecule has 2 rings (SSSR count). The molecule has 0 aliphatic heterocycles. The normalized spacial score (nSPS) is 15.4. The summed E-state index contributed by atoms with van der Waals surface area (Å²) in [6.07, 6.45) is 3.09. The van der Waals surface area contributed by atoms with Crippen LogP contribution in [0.25, 0.3) is 0 Å². The van der Waals surface area contributed by atoms with Gasteiger partial charge in [0.2, 0.25) is 11.8 Å². The van der Waals surface area contributed by atoms with Gasteiger partial charge >= 0.3 is 0 Å². The van der Waals surface area contributed by atoms with E-state index in [2.05, 4.69) is 24.5 Å². The Kier molecular flexibility index (Phi) is 11.8. The maximum atomic E-state index is 13.1. The molecule has 2 aromatic rings. The van der Waals surface area contributed by atoms with E-state index in [0.717, 1.165) is 36.1 Å². The quantitative estimate of drug-likeness (QED) is 0.356. The Balaban J connectivity index is 2.13. The molecule has 0 aromatic heterocycles. The lowest BCUT2D eigenvalue weighted by Gasteiger charge is -2.24. The van der Waals surface area contributed by atoms with E-state index < -0.39 is 12.1 Å². The fourth-order valence-electron chi connectivity index (χ4n) is 3.89. The molecular weight excluding hydrogens is 438 g/mol. The Morgan fingerprint density at radius 3 is 2.17 bits per heavy atom. The Hall–Kier alpha value is -2.86. The topological polar surface area (TPSA) is 93.4 Å². The molecule has 35 heavy (non-hydrogen) atoms. The first-order chi connectivity index (χ1) is 16.8. The number of carbonyl (C=O) groups excluding carboxylic acids is 2. The standard InChI is InChI=1S/C29H43N3O3/c1-6-11-20(3)19-35-25-16-14-24(15-17-25)26(18-31-29(34)27(30)21(4)7-2)32-28(33)22(5)23-12-9-8-10-13-23/h8-10,12-17,20-22,26-27H,6-7,11,18-19,30H2,1-5H3,(H,31,34)(H,32,33)/t20?,21-,22+,26+,27-/m1/s1. The molecule has 2 aromatic carbocycles. The van der Waals surface area contributed by atoms with Gasteiger partial charge in [0.15, 0.2) is 0 Å². The van der Waals surface area contributed by atoms with Crippen LogP contribution in [0.15, 0.2) is 54.6 Å². The van der Waals surface area contributed by atoms with Gasteiger partial charge < -0.3 is 21.1 Å². The summed E-state index contributed by atoms with van der Waals surface area (Å²) < 4.78 is 5.93. The van der Waals surface area contributed by atoms with E-state index >= 15 is 0 Å². The van der Waals surface area contributed by atoms with E-state index in [-0.39, 0.29) is 30.2 Å². The first kappa shape index (κ1) is 28.4. The highest BCUT2D eigenvalue weighted by Gasteiger charge is 2.24. The van der Waals surface area contributed by atoms with E-state index in [1.165, 1.54) is 0 Å². The second-order valence-corrected chi connectivity index (χ2v) is 9.62. The van der Waals surface area contributed by atoms with Crippen molar-refractivity contribution in [1.29, 1.82) is 0 Å². The first-order valence-electron chi connectivity index (χ1n) is 12.9. The number of benzene rings is 2. The van der Waals surface area contributed by atoms with E-state index in [1.54, 1.807) is 0 Å². The molecule has 0 heterocycles. The average molecular weight is 482 g/mol. The number of amides is 2. The number of ether oxygens (including phenoxy) is 1. The zero-order valence-corrected chi connectivity index (χ0v) is 21.9. The Bertz CT molecular complexity index is 901. The summed E-state index contributed by atoms with van der Waals surface area (Å²) in [7, 11) is 0. The number of nitrogens with two attached hydrogens (primary N) is 1. The minimum absolute atomic E-state index is 0.0766. The van der Waals surface area contributed by atoms with Crippen LogP contribution in [0, 0.1) is 11.8 Å². The van der Waals surface area contributed by atoms with Crippen LogP contribution in [0.3, 0.4) is 0 Å². The first-order valence-corrected chi connectivity index (χ1v) is 12.9. The lowest BCUT2D eigenvalue weighted by atomic mass is 9.98. The van der Waals surface area contributed by atoms with E-state index in [4.69, 9.17) is 10.5 Å². The number of nitrogens with one attached hydrogen (secondary N) is 2. The smallest absolute Gasteiger partial charge is 0.237 e.